The van der Waals surface area contributed by atoms with Crippen molar-refractivity contribution in [2.24, 2.45) is 0 Å². The largest absolute Gasteiger partial charge is 0.484 e. The number of aliphatic hydroxyl groups is 1. The van der Waals surface area contributed by atoms with E-state index in [0.29, 0.717) is 11.8 Å². The normalized spacial score (nSPS) is 16.2. The van der Waals surface area contributed by atoms with E-state index in [1.807, 2.05) is 11.9 Å². The van der Waals surface area contributed by atoms with Gasteiger partial charge in [0.05, 0.1) is 12.2 Å². The highest BCUT2D eigenvalue weighted by molar-refractivity contribution is 5.78. The van der Waals surface area contributed by atoms with E-state index >= 15 is 0 Å². The van der Waals surface area contributed by atoms with Crippen LogP contribution in [0.25, 0.3) is 0 Å². The van der Waals surface area contributed by atoms with E-state index in [0.717, 1.165) is 37.2 Å². The number of likely N-dealkylation sites (tertiary alicyclic amines) is 1. The van der Waals surface area contributed by atoms with Crippen LogP contribution in [0.15, 0.2) is 54.6 Å². The molecule has 0 radical (unpaired) electrons. The van der Waals surface area contributed by atoms with E-state index < -0.39 is 11.7 Å². The average molecular weight is 410 g/mol. The van der Waals surface area contributed by atoms with Crippen LogP contribution in [-0.2, 0) is 17.6 Å². The summed E-state index contributed by atoms with van der Waals surface area (Å²) in [5.41, 5.74) is 0.227. The van der Waals surface area contributed by atoms with Gasteiger partial charge in [0, 0.05) is 19.1 Å². The molecule has 0 bridgehead atoms. The predicted octanol–water partition coefficient (Wildman–Crippen LogP) is 3.08. The zero-order chi connectivity index (χ0) is 21.3. The minimum absolute atomic E-state index is 0.0123. The van der Waals surface area contributed by atoms with Crippen LogP contribution in [0.2, 0.25) is 0 Å². The van der Waals surface area contributed by atoms with Crippen molar-refractivity contribution in [2.45, 2.75) is 25.2 Å². The van der Waals surface area contributed by atoms with Gasteiger partial charge >= 0.3 is 6.18 Å². The molecule has 8 heteroatoms. The third-order valence-corrected chi connectivity index (χ3v) is 4.52. The second kappa shape index (κ2) is 10.8. The van der Waals surface area contributed by atoms with Crippen LogP contribution in [0, 0.1) is 0 Å². The molecule has 2 N–H and O–H groups in total. The molecule has 29 heavy (non-hydrogen) atoms. The summed E-state index contributed by atoms with van der Waals surface area (Å²) in [5.74, 6) is 0.666. The van der Waals surface area contributed by atoms with Gasteiger partial charge in [0.15, 0.2) is 6.61 Å². The number of nitrogens with one attached hydrogen (secondary N) is 1. The summed E-state index contributed by atoms with van der Waals surface area (Å²) >= 11 is 0. The molecule has 1 aliphatic rings. The van der Waals surface area contributed by atoms with E-state index in [-0.39, 0.29) is 19.1 Å². The van der Waals surface area contributed by atoms with Crippen LogP contribution in [0.3, 0.4) is 0 Å². The minimum atomic E-state index is -4.21. The number of carbonyl (C=O) groups excluding carboxylic acids is 1. The summed E-state index contributed by atoms with van der Waals surface area (Å²) in [6, 6.07) is 13.9. The molecule has 1 amide bonds. The molecule has 0 aliphatic carbocycles. The van der Waals surface area contributed by atoms with Crippen LogP contribution in [0.1, 0.15) is 17.5 Å². The van der Waals surface area contributed by atoms with Crippen molar-refractivity contribution in [3.8, 4) is 5.75 Å². The first-order valence-electron chi connectivity index (χ1n) is 9.23. The first-order chi connectivity index (χ1) is 13.8. The molecule has 1 fully saturated rings. The summed E-state index contributed by atoms with van der Waals surface area (Å²) in [7, 11) is 1.91. The van der Waals surface area contributed by atoms with Crippen molar-refractivity contribution < 1.29 is 27.8 Å². The molecule has 0 aromatic heterocycles. The molecule has 0 saturated carbocycles. The molecule has 5 nitrogen and oxygen atoms in total. The van der Waals surface area contributed by atoms with Gasteiger partial charge in [0.2, 0.25) is 0 Å². The standard InChI is InChI=1S/C14H20N2O3.C7H5F3/c1-15-12-6-7-16(8-12)14(18)10-19-13-4-2-11(9-17)3-5-13;8-7(9,10)6-4-2-1-3-5-6/h2-5,12,15,17H,6-10H2,1H3;1-5H. The molecule has 1 unspecified atom stereocenters. The molecule has 158 valence electrons. The molecular formula is C21H25F3N2O3. The van der Waals surface area contributed by atoms with Gasteiger partial charge in [0.25, 0.3) is 5.91 Å². The lowest BCUT2D eigenvalue weighted by molar-refractivity contribution is -0.137. The van der Waals surface area contributed by atoms with Crippen LogP contribution in [0.4, 0.5) is 13.2 Å². The summed E-state index contributed by atoms with van der Waals surface area (Å²) in [5, 5.41) is 12.1. The summed E-state index contributed by atoms with van der Waals surface area (Å²) < 4.78 is 40.8. The van der Waals surface area contributed by atoms with Gasteiger partial charge < -0.3 is 20.1 Å². The Labute approximate surface area is 168 Å². The SMILES string of the molecule is CNC1CCN(C(=O)COc2ccc(CO)cc2)C1.FC(F)(F)c1ccccc1. The fourth-order valence-electron chi connectivity index (χ4n) is 2.78. The molecule has 1 aliphatic heterocycles. The number of alkyl halides is 3. The Morgan fingerprint density at radius 1 is 1.17 bits per heavy atom. The maximum atomic E-state index is 11.9. The lowest BCUT2D eigenvalue weighted by Gasteiger charge is -2.16. The summed E-state index contributed by atoms with van der Waals surface area (Å²) in [4.78, 5) is 13.8. The van der Waals surface area contributed by atoms with Crippen molar-refractivity contribution in [3.05, 3.63) is 65.7 Å². The Bertz CT molecular complexity index is 752. The van der Waals surface area contributed by atoms with Crippen molar-refractivity contribution >= 4 is 5.91 Å². The molecule has 1 heterocycles. The lowest BCUT2D eigenvalue weighted by Crippen LogP contribution is -2.36. The molecule has 3 rings (SSSR count). The quantitative estimate of drug-likeness (QED) is 0.795. The molecule has 0 spiro atoms. The number of likely N-dealkylation sites (N-methyl/N-ethyl adjacent to an activating group) is 1. The second-order valence-corrected chi connectivity index (χ2v) is 6.57. The zero-order valence-corrected chi connectivity index (χ0v) is 16.2. The smallest absolute Gasteiger partial charge is 0.416 e. The number of amides is 1. The maximum absolute atomic E-state index is 11.9. The number of benzene rings is 2. The molecule has 1 atom stereocenters. The fourth-order valence-corrected chi connectivity index (χ4v) is 2.78. The number of hydrogen-bond acceptors (Lipinski definition) is 4. The van der Waals surface area contributed by atoms with Gasteiger partial charge in [0.1, 0.15) is 5.75 Å². The van der Waals surface area contributed by atoms with Crippen molar-refractivity contribution in [1.29, 1.82) is 0 Å². The maximum Gasteiger partial charge on any atom is 0.416 e. The van der Waals surface area contributed by atoms with Crippen molar-refractivity contribution in [2.75, 3.05) is 26.7 Å². The van der Waals surface area contributed by atoms with Crippen LogP contribution in [-0.4, -0.2) is 48.7 Å². The Morgan fingerprint density at radius 3 is 2.31 bits per heavy atom. The molecule has 2 aromatic carbocycles. The van der Waals surface area contributed by atoms with Crippen LogP contribution < -0.4 is 10.1 Å². The second-order valence-electron chi connectivity index (χ2n) is 6.57. The zero-order valence-electron chi connectivity index (χ0n) is 16.2. The van der Waals surface area contributed by atoms with Gasteiger partial charge in [-0.15, -0.1) is 0 Å². The van der Waals surface area contributed by atoms with Gasteiger partial charge in [-0.25, -0.2) is 0 Å². The van der Waals surface area contributed by atoms with Gasteiger partial charge in [-0.1, -0.05) is 42.5 Å². The minimum Gasteiger partial charge on any atom is -0.484 e. The summed E-state index contributed by atoms with van der Waals surface area (Å²) in [6.07, 6.45) is -3.21. The average Bonchev–Trinajstić information content (AvgIpc) is 3.22. The Morgan fingerprint density at radius 2 is 1.83 bits per heavy atom. The van der Waals surface area contributed by atoms with E-state index in [1.54, 1.807) is 30.3 Å². The van der Waals surface area contributed by atoms with E-state index in [1.165, 1.54) is 12.1 Å². The fraction of sp³-hybridized carbons (Fsp3) is 0.381. The van der Waals surface area contributed by atoms with E-state index in [4.69, 9.17) is 9.84 Å². The highest BCUT2D eigenvalue weighted by Gasteiger charge is 2.29. The first kappa shape index (κ1) is 22.7. The molecular weight excluding hydrogens is 385 g/mol. The van der Waals surface area contributed by atoms with Crippen LogP contribution >= 0.6 is 0 Å². The topological polar surface area (TPSA) is 61.8 Å². The van der Waals surface area contributed by atoms with Gasteiger partial charge in [-0.2, -0.15) is 13.2 Å². The van der Waals surface area contributed by atoms with E-state index in [2.05, 4.69) is 5.32 Å². The van der Waals surface area contributed by atoms with E-state index in [9.17, 15) is 18.0 Å². The van der Waals surface area contributed by atoms with Gasteiger partial charge in [-0.3, -0.25) is 4.79 Å². The van der Waals surface area contributed by atoms with Crippen LogP contribution in [0.5, 0.6) is 5.75 Å². The summed E-state index contributed by atoms with van der Waals surface area (Å²) in [6.45, 7) is 1.62. The Hall–Kier alpha value is -2.58. The van der Waals surface area contributed by atoms with Crippen molar-refractivity contribution in [1.82, 2.24) is 10.2 Å². The number of halogens is 3. The number of nitrogens with zero attached hydrogens (tertiary/aromatic N) is 1. The molecule has 2 aromatic rings. The number of aliphatic hydroxyl groups excluding tert-OH is 1. The highest BCUT2D eigenvalue weighted by Crippen LogP contribution is 2.28. The number of hydrogen-bond donors (Lipinski definition) is 2. The lowest BCUT2D eigenvalue weighted by atomic mass is 10.2. The Kier molecular flexibility index (Phi) is 8.48. The highest BCUT2D eigenvalue weighted by atomic mass is 19.4. The number of ether oxygens (including phenoxy) is 1. The number of rotatable bonds is 5. The number of carbonyl (C=O) groups is 1. The third-order valence-electron chi connectivity index (χ3n) is 4.52. The third kappa shape index (κ3) is 7.40. The van der Waals surface area contributed by atoms with Crippen molar-refractivity contribution in [3.63, 3.8) is 0 Å². The first-order valence-corrected chi connectivity index (χ1v) is 9.23. The Balaban J connectivity index is 0.000000253. The van der Waals surface area contributed by atoms with Gasteiger partial charge in [-0.05, 0) is 31.2 Å². The monoisotopic (exact) mass is 410 g/mol. The predicted molar refractivity (Wildman–Crippen MR) is 103 cm³/mol. The molecule has 1 saturated heterocycles.